The minimum atomic E-state index is 0.300. The lowest BCUT2D eigenvalue weighted by atomic mass is 10.1. The van der Waals surface area contributed by atoms with Crippen LogP contribution in [0.15, 0.2) is 73.1 Å². The average molecular weight is 334 g/mol. The number of nitrogens with one attached hydrogen (secondary N) is 1. The van der Waals surface area contributed by atoms with Crippen molar-refractivity contribution in [2.24, 2.45) is 0 Å². The van der Waals surface area contributed by atoms with Gasteiger partial charge in [0.05, 0.1) is 12.7 Å². The van der Waals surface area contributed by atoms with E-state index in [4.69, 9.17) is 0 Å². The molecule has 0 fully saturated rings. The molecule has 130 valence electrons. The first-order valence-electron chi connectivity index (χ1n) is 8.69. The molecule has 0 bridgehead atoms. The van der Waals surface area contributed by atoms with Crippen molar-refractivity contribution in [1.29, 1.82) is 0 Å². The molecule has 1 N–H and O–H groups in total. The van der Waals surface area contributed by atoms with Crippen LogP contribution in [0.2, 0.25) is 0 Å². The Balaban J connectivity index is 1.61. The molecule has 0 aliphatic rings. The molecule has 0 saturated heterocycles. The van der Waals surface area contributed by atoms with E-state index in [9.17, 15) is 0 Å². The van der Waals surface area contributed by atoms with Gasteiger partial charge in [0, 0.05) is 30.9 Å². The lowest BCUT2D eigenvalue weighted by Crippen LogP contribution is -2.30. The maximum absolute atomic E-state index is 4.49. The molecular formula is C21H26N4. The van der Waals surface area contributed by atoms with E-state index in [2.05, 4.69) is 90.2 Å². The number of nitrogens with zero attached hydrogens (tertiary/aromatic N) is 3. The minimum absolute atomic E-state index is 0.300. The van der Waals surface area contributed by atoms with Crippen molar-refractivity contribution in [2.45, 2.75) is 19.1 Å². The smallest absolute Gasteiger partial charge is 0.0659 e. The SMILES string of the molecule is CN(C)CC(NCc1cnn(Cc2ccccc2)c1)c1ccccc1. The van der Waals surface area contributed by atoms with Gasteiger partial charge in [0.2, 0.25) is 0 Å². The lowest BCUT2D eigenvalue weighted by Gasteiger charge is -2.22. The van der Waals surface area contributed by atoms with Gasteiger partial charge in [-0.2, -0.15) is 5.10 Å². The summed E-state index contributed by atoms with van der Waals surface area (Å²) in [6, 6.07) is 21.3. The summed E-state index contributed by atoms with van der Waals surface area (Å²) >= 11 is 0. The van der Waals surface area contributed by atoms with Crippen LogP contribution in [-0.2, 0) is 13.1 Å². The summed E-state index contributed by atoms with van der Waals surface area (Å²) in [5.41, 5.74) is 3.78. The van der Waals surface area contributed by atoms with Gasteiger partial charge in [0.15, 0.2) is 0 Å². The summed E-state index contributed by atoms with van der Waals surface area (Å²) in [6.07, 6.45) is 4.07. The second kappa shape index (κ2) is 8.60. The Labute approximate surface area is 150 Å². The summed E-state index contributed by atoms with van der Waals surface area (Å²) in [5, 5.41) is 8.16. The zero-order chi connectivity index (χ0) is 17.5. The molecule has 1 atom stereocenters. The van der Waals surface area contributed by atoms with Crippen LogP contribution in [0.1, 0.15) is 22.7 Å². The van der Waals surface area contributed by atoms with E-state index in [0.29, 0.717) is 6.04 Å². The molecule has 1 unspecified atom stereocenters. The first-order chi connectivity index (χ1) is 12.2. The van der Waals surface area contributed by atoms with E-state index in [0.717, 1.165) is 19.6 Å². The van der Waals surface area contributed by atoms with Crippen molar-refractivity contribution in [2.75, 3.05) is 20.6 Å². The average Bonchev–Trinajstić information content (AvgIpc) is 3.07. The van der Waals surface area contributed by atoms with Crippen molar-refractivity contribution in [3.05, 3.63) is 89.7 Å². The van der Waals surface area contributed by atoms with E-state index in [1.165, 1.54) is 16.7 Å². The third kappa shape index (κ3) is 5.28. The van der Waals surface area contributed by atoms with Gasteiger partial charge in [-0.25, -0.2) is 0 Å². The third-order valence-corrected chi connectivity index (χ3v) is 4.18. The Morgan fingerprint density at radius 2 is 1.64 bits per heavy atom. The molecule has 0 aliphatic carbocycles. The standard InChI is InChI=1S/C21H26N4/c1-24(2)17-21(20-11-7-4-8-12-20)22-13-19-14-23-25(16-19)15-18-9-5-3-6-10-18/h3-12,14,16,21-22H,13,15,17H2,1-2H3. The van der Waals surface area contributed by atoms with E-state index < -0.39 is 0 Å². The highest BCUT2D eigenvalue weighted by atomic mass is 15.3. The molecule has 3 rings (SSSR count). The van der Waals surface area contributed by atoms with Crippen LogP contribution in [-0.4, -0.2) is 35.3 Å². The van der Waals surface area contributed by atoms with Crippen molar-refractivity contribution in [3.63, 3.8) is 0 Å². The highest BCUT2D eigenvalue weighted by molar-refractivity contribution is 5.20. The van der Waals surface area contributed by atoms with E-state index in [-0.39, 0.29) is 0 Å². The third-order valence-electron chi connectivity index (χ3n) is 4.18. The fourth-order valence-corrected chi connectivity index (χ4v) is 2.93. The van der Waals surface area contributed by atoms with Crippen LogP contribution in [0.4, 0.5) is 0 Å². The molecule has 0 aliphatic heterocycles. The number of likely N-dealkylation sites (N-methyl/N-ethyl adjacent to an activating group) is 1. The highest BCUT2D eigenvalue weighted by Gasteiger charge is 2.12. The number of benzene rings is 2. The summed E-state index contributed by atoms with van der Waals surface area (Å²) < 4.78 is 2.00. The Hall–Kier alpha value is -2.43. The zero-order valence-corrected chi connectivity index (χ0v) is 15.0. The minimum Gasteiger partial charge on any atom is -0.308 e. The Morgan fingerprint density at radius 3 is 2.32 bits per heavy atom. The molecule has 1 heterocycles. The Morgan fingerprint density at radius 1 is 0.960 bits per heavy atom. The molecule has 25 heavy (non-hydrogen) atoms. The zero-order valence-electron chi connectivity index (χ0n) is 15.0. The van der Waals surface area contributed by atoms with Gasteiger partial charge < -0.3 is 10.2 Å². The largest absolute Gasteiger partial charge is 0.308 e. The number of hydrogen-bond donors (Lipinski definition) is 1. The van der Waals surface area contributed by atoms with Crippen LogP contribution in [0.25, 0.3) is 0 Å². The maximum atomic E-state index is 4.49. The van der Waals surface area contributed by atoms with Crippen molar-refractivity contribution < 1.29 is 0 Å². The van der Waals surface area contributed by atoms with Gasteiger partial charge in [0.25, 0.3) is 0 Å². The van der Waals surface area contributed by atoms with Crippen molar-refractivity contribution in [3.8, 4) is 0 Å². The first kappa shape index (κ1) is 17.4. The topological polar surface area (TPSA) is 33.1 Å². The summed E-state index contributed by atoms with van der Waals surface area (Å²) in [7, 11) is 4.21. The van der Waals surface area contributed by atoms with Crippen LogP contribution < -0.4 is 5.32 Å². The maximum Gasteiger partial charge on any atom is 0.0659 e. The van der Waals surface area contributed by atoms with Gasteiger partial charge in [-0.15, -0.1) is 0 Å². The normalized spacial score (nSPS) is 12.4. The molecule has 4 heteroatoms. The fourth-order valence-electron chi connectivity index (χ4n) is 2.93. The number of hydrogen-bond acceptors (Lipinski definition) is 3. The predicted molar refractivity (Wildman–Crippen MR) is 102 cm³/mol. The van der Waals surface area contributed by atoms with Crippen LogP contribution in [0, 0.1) is 0 Å². The molecule has 0 spiro atoms. The van der Waals surface area contributed by atoms with Crippen LogP contribution in [0.3, 0.4) is 0 Å². The molecular weight excluding hydrogens is 308 g/mol. The van der Waals surface area contributed by atoms with Crippen molar-refractivity contribution >= 4 is 0 Å². The lowest BCUT2D eigenvalue weighted by molar-refractivity contribution is 0.340. The van der Waals surface area contributed by atoms with Crippen LogP contribution in [0.5, 0.6) is 0 Å². The quantitative estimate of drug-likeness (QED) is 0.686. The number of aromatic nitrogens is 2. The molecule has 0 amide bonds. The van der Waals surface area contributed by atoms with E-state index in [1.54, 1.807) is 0 Å². The fraction of sp³-hybridized carbons (Fsp3) is 0.286. The van der Waals surface area contributed by atoms with Gasteiger partial charge in [-0.3, -0.25) is 4.68 Å². The molecule has 2 aromatic carbocycles. The first-order valence-corrected chi connectivity index (χ1v) is 8.69. The van der Waals surface area contributed by atoms with Gasteiger partial charge in [-0.1, -0.05) is 60.7 Å². The van der Waals surface area contributed by atoms with Gasteiger partial charge >= 0.3 is 0 Å². The molecule has 3 aromatic rings. The monoisotopic (exact) mass is 334 g/mol. The van der Waals surface area contributed by atoms with Gasteiger partial charge in [-0.05, 0) is 25.2 Å². The second-order valence-electron chi connectivity index (χ2n) is 6.64. The number of rotatable bonds is 8. The van der Waals surface area contributed by atoms with Crippen LogP contribution >= 0.6 is 0 Å². The van der Waals surface area contributed by atoms with E-state index in [1.807, 2.05) is 16.9 Å². The van der Waals surface area contributed by atoms with E-state index >= 15 is 0 Å². The molecule has 1 aromatic heterocycles. The second-order valence-corrected chi connectivity index (χ2v) is 6.64. The molecule has 4 nitrogen and oxygen atoms in total. The predicted octanol–water partition coefficient (Wildman–Crippen LogP) is 3.32. The Bertz CT molecular complexity index is 750. The molecule has 0 saturated carbocycles. The summed E-state index contributed by atoms with van der Waals surface area (Å²) in [6.45, 7) is 2.57. The summed E-state index contributed by atoms with van der Waals surface area (Å²) in [5.74, 6) is 0. The highest BCUT2D eigenvalue weighted by Crippen LogP contribution is 2.14. The Kier molecular flexibility index (Phi) is 5.99. The summed E-state index contributed by atoms with van der Waals surface area (Å²) in [4.78, 5) is 2.21. The van der Waals surface area contributed by atoms with Crippen molar-refractivity contribution in [1.82, 2.24) is 20.0 Å². The van der Waals surface area contributed by atoms with Gasteiger partial charge in [0.1, 0.15) is 0 Å². The molecule has 0 radical (unpaired) electrons.